The standard InChI is InChI=1S/C11H21N3O2S/c1-10(2)8-12-9-11-4-5-14(13-11)6-7-17(3,15)16/h4-5,10,12H,6-9H2,1-3H3. The fourth-order valence-electron chi connectivity index (χ4n) is 1.37. The Morgan fingerprint density at radius 2 is 2.18 bits per heavy atom. The van der Waals surface area contributed by atoms with Crippen molar-refractivity contribution in [1.29, 1.82) is 0 Å². The van der Waals surface area contributed by atoms with Gasteiger partial charge in [-0.1, -0.05) is 13.8 Å². The van der Waals surface area contributed by atoms with Crippen LogP contribution >= 0.6 is 0 Å². The third kappa shape index (κ3) is 6.43. The first-order valence-electron chi connectivity index (χ1n) is 5.77. The summed E-state index contributed by atoms with van der Waals surface area (Å²) < 4.78 is 23.7. The van der Waals surface area contributed by atoms with Gasteiger partial charge in [-0.3, -0.25) is 4.68 Å². The van der Waals surface area contributed by atoms with Crippen LogP contribution in [0.2, 0.25) is 0 Å². The zero-order chi connectivity index (χ0) is 12.9. The van der Waals surface area contributed by atoms with Crippen molar-refractivity contribution in [3.63, 3.8) is 0 Å². The Labute approximate surface area is 103 Å². The van der Waals surface area contributed by atoms with Gasteiger partial charge in [0.2, 0.25) is 0 Å². The summed E-state index contributed by atoms with van der Waals surface area (Å²) in [6.07, 6.45) is 3.05. The van der Waals surface area contributed by atoms with Crippen LogP contribution in [-0.2, 0) is 22.9 Å². The van der Waals surface area contributed by atoms with E-state index in [1.165, 1.54) is 6.26 Å². The molecule has 0 amide bonds. The molecule has 0 radical (unpaired) electrons. The van der Waals surface area contributed by atoms with Gasteiger partial charge in [-0.25, -0.2) is 8.42 Å². The molecule has 98 valence electrons. The third-order valence-corrected chi connectivity index (χ3v) is 3.17. The van der Waals surface area contributed by atoms with Crippen LogP contribution in [-0.4, -0.2) is 36.8 Å². The van der Waals surface area contributed by atoms with E-state index in [1.54, 1.807) is 4.68 Å². The van der Waals surface area contributed by atoms with Crippen LogP contribution in [0.15, 0.2) is 12.3 Å². The largest absolute Gasteiger partial charge is 0.311 e. The molecule has 0 atom stereocenters. The van der Waals surface area contributed by atoms with E-state index in [4.69, 9.17) is 0 Å². The molecule has 0 saturated heterocycles. The molecule has 1 heterocycles. The summed E-state index contributed by atoms with van der Waals surface area (Å²) in [5, 5.41) is 7.59. The van der Waals surface area contributed by atoms with Gasteiger partial charge in [0.15, 0.2) is 0 Å². The van der Waals surface area contributed by atoms with Crippen molar-refractivity contribution >= 4 is 9.84 Å². The second-order valence-electron chi connectivity index (χ2n) is 4.72. The average Bonchev–Trinajstić information content (AvgIpc) is 2.61. The monoisotopic (exact) mass is 259 g/mol. The molecule has 6 heteroatoms. The topological polar surface area (TPSA) is 64.0 Å². The Balaban J connectivity index is 2.37. The number of hydrogen-bond acceptors (Lipinski definition) is 4. The van der Waals surface area contributed by atoms with Crippen LogP contribution in [0.4, 0.5) is 0 Å². The second kappa shape index (κ2) is 6.16. The molecule has 0 fully saturated rings. The van der Waals surface area contributed by atoms with Crippen molar-refractivity contribution in [2.75, 3.05) is 18.6 Å². The summed E-state index contributed by atoms with van der Waals surface area (Å²) in [5.41, 5.74) is 0.944. The lowest BCUT2D eigenvalue weighted by atomic mass is 10.2. The number of aryl methyl sites for hydroxylation is 1. The molecule has 0 bridgehead atoms. The summed E-state index contributed by atoms with van der Waals surface area (Å²) in [4.78, 5) is 0. The maximum atomic E-state index is 11.0. The minimum atomic E-state index is -2.92. The minimum Gasteiger partial charge on any atom is -0.311 e. The van der Waals surface area contributed by atoms with Gasteiger partial charge in [0.05, 0.1) is 18.0 Å². The molecule has 0 aliphatic rings. The Bertz CT molecular complexity index is 437. The van der Waals surface area contributed by atoms with E-state index >= 15 is 0 Å². The van der Waals surface area contributed by atoms with E-state index in [-0.39, 0.29) is 5.75 Å². The van der Waals surface area contributed by atoms with Crippen molar-refractivity contribution < 1.29 is 8.42 Å². The summed E-state index contributed by atoms with van der Waals surface area (Å²) in [6.45, 7) is 6.40. The fourth-order valence-corrected chi connectivity index (χ4v) is 1.89. The van der Waals surface area contributed by atoms with Gasteiger partial charge in [0.25, 0.3) is 0 Å². The number of aromatic nitrogens is 2. The van der Waals surface area contributed by atoms with Crippen LogP contribution in [0.25, 0.3) is 0 Å². The van der Waals surface area contributed by atoms with Gasteiger partial charge < -0.3 is 5.32 Å². The van der Waals surface area contributed by atoms with E-state index in [1.807, 2.05) is 12.3 Å². The normalized spacial score (nSPS) is 12.2. The summed E-state index contributed by atoms with van der Waals surface area (Å²) >= 11 is 0. The zero-order valence-corrected chi connectivity index (χ0v) is 11.5. The van der Waals surface area contributed by atoms with Crippen molar-refractivity contribution in [2.45, 2.75) is 26.9 Å². The number of nitrogens with one attached hydrogen (secondary N) is 1. The molecule has 1 aromatic heterocycles. The first kappa shape index (κ1) is 14.2. The molecular weight excluding hydrogens is 238 g/mol. The van der Waals surface area contributed by atoms with Crippen molar-refractivity contribution in [2.24, 2.45) is 5.92 Å². The van der Waals surface area contributed by atoms with Crippen LogP contribution in [0.1, 0.15) is 19.5 Å². The molecule has 0 spiro atoms. The molecule has 1 N–H and O–H groups in total. The Hall–Kier alpha value is -0.880. The summed E-state index contributed by atoms with van der Waals surface area (Å²) in [5.74, 6) is 0.746. The molecule has 1 rings (SSSR count). The molecule has 0 aliphatic carbocycles. The Kier molecular flexibility index (Phi) is 5.14. The van der Waals surface area contributed by atoms with Crippen LogP contribution in [0.3, 0.4) is 0 Å². The lowest BCUT2D eigenvalue weighted by Gasteiger charge is -2.05. The third-order valence-electron chi connectivity index (χ3n) is 2.25. The fraction of sp³-hybridized carbons (Fsp3) is 0.727. The maximum absolute atomic E-state index is 11.0. The number of nitrogens with zero attached hydrogens (tertiary/aromatic N) is 2. The van der Waals surface area contributed by atoms with Crippen LogP contribution in [0, 0.1) is 5.92 Å². The Morgan fingerprint density at radius 1 is 1.47 bits per heavy atom. The lowest BCUT2D eigenvalue weighted by molar-refractivity contribution is 0.540. The summed E-state index contributed by atoms with van der Waals surface area (Å²) in [7, 11) is -2.92. The lowest BCUT2D eigenvalue weighted by Crippen LogP contribution is -2.19. The van der Waals surface area contributed by atoms with Gasteiger partial charge in [0, 0.05) is 19.0 Å². The zero-order valence-electron chi connectivity index (χ0n) is 10.7. The minimum absolute atomic E-state index is 0.132. The van der Waals surface area contributed by atoms with Gasteiger partial charge in [0.1, 0.15) is 9.84 Å². The SMILES string of the molecule is CC(C)CNCc1ccn(CCS(C)(=O)=O)n1. The molecule has 0 saturated carbocycles. The first-order valence-corrected chi connectivity index (χ1v) is 7.83. The van der Waals surface area contributed by atoms with E-state index in [0.29, 0.717) is 12.5 Å². The van der Waals surface area contributed by atoms with E-state index in [0.717, 1.165) is 18.8 Å². The molecular formula is C11H21N3O2S. The van der Waals surface area contributed by atoms with Crippen molar-refractivity contribution in [1.82, 2.24) is 15.1 Å². The van der Waals surface area contributed by atoms with Gasteiger partial charge in [-0.15, -0.1) is 0 Å². The predicted octanol–water partition coefficient (Wildman–Crippen LogP) is 0.673. The van der Waals surface area contributed by atoms with Crippen molar-refractivity contribution in [3.8, 4) is 0 Å². The van der Waals surface area contributed by atoms with Crippen molar-refractivity contribution in [3.05, 3.63) is 18.0 Å². The first-order chi connectivity index (χ1) is 7.87. The van der Waals surface area contributed by atoms with Crippen LogP contribution < -0.4 is 5.32 Å². The number of hydrogen-bond donors (Lipinski definition) is 1. The molecule has 0 unspecified atom stereocenters. The number of sulfone groups is 1. The number of rotatable bonds is 7. The highest BCUT2D eigenvalue weighted by molar-refractivity contribution is 7.90. The highest BCUT2D eigenvalue weighted by Crippen LogP contribution is 1.97. The van der Waals surface area contributed by atoms with Gasteiger partial charge in [-0.05, 0) is 18.5 Å². The summed E-state index contributed by atoms with van der Waals surface area (Å²) in [6, 6.07) is 1.91. The maximum Gasteiger partial charge on any atom is 0.149 e. The molecule has 0 aromatic carbocycles. The van der Waals surface area contributed by atoms with Gasteiger partial charge in [-0.2, -0.15) is 5.10 Å². The average molecular weight is 259 g/mol. The van der Waals surface area contributed by atoms with Crippen LogP contribution in [0.5, 0.6) is 0 Å². The van der Waals surface area contributed by atoms with E-state index in [9.17, 15) is 8.42 Å². The predicted molar refractivity (Wildman–Crippen MR) is 68.5 cm³/mol. The quantitative estimate of drug-likeness (QED) is 0.782. The molecule has 17 heavy (non-hydrogen) atoms. The van der Waals surface area contributed by atoms with Gasteiger partial charge >= 0.3 is 0 Å². The van der Waals surface area contributed by atoms with E-state index in [2.05, 4.69) is 24.3 Å². The highest BCUT2D eigenvalue weighted by atomic mass is 32.2. The second-order valence-corrected chi connectivity index (χ2v) is 6.98. The molecule has 1 aromatic rings. The Morgan fingerprint density at radius 3 is 2.76 bits per heavy atom. The highest BCUT2D eigenvalue weighted by Gasteiger charge is 2.04. The molecule has 0 aliphatic heterocycles. The smallest absolute Gasteiger partial charge is 0.149 e. The van der Waals surface area contributed by atoms with E-state index < -0.39 is 9.84 Å². The molecule has 5 nitrogen and oxygen atoms in total.